The summed E-state index contributed by atoms with van der Waals surface area (Å²) in [6.45, 7) is 2.97. The monoisotopic (exact) mass is 586 g/mol. The lowest BCUT2D eigenvalue weighted by Gasteiger charge is -2.09. The van der Waals surface area contributed by atoms with Gasteiger partial charge in [-0.1, -0.05) is 59.6 Å². The molecule has 0 aliphatic heterocycles. The molecule has 0 unspecified atom stereocenters. The molecule has 5 nitrogen and oxygen atoms in total. The minimum absolute atomic E-state index is 0.222. The number of carboxylic acids is 1. The lowest BCUT2D eigenvalue weighted by Crippen LogP contribution is -1.99. The predicted octanol–water partition coefficient (Wildman–Crippen LogP) is 9.13. The van der Waals surface area contributed by atoms with Gasteiger partial charge in [0.15, 0.2) is 0 Å². The molecular formula is C33H25Cl2FN2O3. The summed E-state index contributed by atoms with van der Waals surface area (Å²) in [5.74, 6) is -0.0319. The molecule has 0 aliphatic rings. The molecule has 8 heteroatoms. The SMILES string of the molecule is CCn1cc(-c2ccc(Cl)cc2Cl)nc1/C=C/c1ccc(-c2cccc(OCc3ccc(C(=O)O)cc3)c2)cc1F. The number of aromatic carboxylic acids is 1. The number of halogens is 3. The highest BCUT2D eigenvalue weighted by molar-refractivity contribution is 6.36. The van der Waals surface area contributed by atoms with Crippen LogP contribution in [0.25, 0.3) is 34.5 Å². The van der Waals surface area contributed by atoms with Gasteiger partial charge in [0.2, 0.25) is 0 Å². The highest BCUT2D eigenvalue weighted by Gasteiger charge is 2.11. The van der Waals surface area contributed by atoms with Gasteiger partial charge in [-0.25, -0.2) is 14.2 Å². The van der Waals surface area contributed by atoms with Crippen LogP contribution in [0.4, 0.5) is 4.39 Å². The van der Waals surface area contributed by atoms with Crippen molar-refractivity contribution in [3.63, 3.8) is 0 Å². The van der Waals surface area contributed by atoms with E-state index >= 15 is 4.39 Å². The van der Waals surface area contributed by atoms with Gasteiger partial charge in [-0.2, -0.15) is 0 Å². The van der Waals surface area contributed by atoms with E-state index < -0.39 is 5.97 Å². The summed E-state index contributed by atoms with van der Waals surface area (Å²) in [6, 6.07) is 24.3. The Labute approximate surface area is 247 Å². The molecule has 0 spiro atoms. The van der Waals surface area contributed by atoms with Gasteiger partial charge >= 0.3 is 5.97 Å². The first-order valence-electron chi connectivity index (χ1n) is 12.9. The highest BCUT2D eigenvalue weighted by Crippen LogP contribution is 2.31. The number of hydrogen-bond acceptors (Lipinski definition) is 3. The molecule has 41 heavy (non-hydrogen) atoms. The lowest BCUT2D eigenvalue weighted by atomic mass is 10.0. The van der Waals surface area contributed by atoms with E-state index in [4.69, 9.17) is 38.0 Å². The van der Waals surface area contributed by atoms with E-state index in [1.54, 1.807) is 54.6 Å². The van der Waals surface area contributed by atoms with Crippen LogP contribution in [-0.2, 0) is 13.2 Å². The molecule has 5 aromatic rings. The maximum atomic E-state index is 15.2. The fourth-order valence-corrected chi connectivity index (χ4v) is 4.83. The third-order valence-corrected chi connectivity index (χ3v) is 7.09. The van der Waals surface area contributed by atoms with E-state index in [1.807, 2.05) is 54.1 Å². The van der Waals surface area contributed by atoms with Crippen LogP contribution in [-0.4, -0.2) is 20.6 Å². The van der Waals surface area contributed by atoms with Crippen LogP contribution in [0.5, 0.6) is 5.75 Å². The average molecular weight is 587 g/mol. The second-order valence-electron chi connectivity index (χ2n) is 9.28. The normalized spacial score (nSPS) is 11.2. The summed E-state index contributed by atoms with van der Waals surface area (Å²) in [5.41, 5.74) is 4.51. The number of carbonyl (C=O) groups is 1. The molecule has 1 N–H and O–H groups in total. The van der Waals surface area contributed by atoms with Gasteiger partial charge in [0.1, 0.15) is 24.0 Å². The van der Waals surface area contributed by atoms with Gasteiger partial charge < -0.3 is 14.4 Å². The van der Waals surface area contributed by atoms with E-state index in [1.165, 1.54) is 6.07 Å². The molecule has 4 aromatic carbocycles. The second-order valence-corrected chi connectivity index (χ2v) is 10.1. The van der Waals surface area contributed by atoms with Gasteiger partial charge in [0.25, 0.3) is 0 Å². The Morgan fingerprint density at radius 1 is 0.976 bits per heavy atom. The fourth-order valence-electron chi connectivity index (χ4n) is 4.33. The van der Waals surface area contributed by atoms with Crippen LogP contribution in [0.2, 0.25) is 10.0 Å². The first-order chi connectivity index (χ1) is 19.8. The van der Waals surface area contributed by atoms with E-state index in [9.17, 15) is 4.79 Å². The summed E-state index contributed by atoms with van der Waals surface area (Å²) < 4.78 is 23.0. The molecule has 0 atom stereocenters. The van der Waals surface area contributed by atoms with Gasteiger partial charge in [0, 0.05) is 28.9 Å². The van der Waals surface area contributed by atoms with Gasteiger partial charge in [0.05, 0.1) is 16.3 Å². The average Bonchev–Trinajstić information content (AvgIpc) is 3.38. The molecule has 206 valence electrons. The third-order valence-electron chi connectivity index (χ3n) is 6.54. The maximum Gasteiger partial charge on any atom is 0.335 e. The van der Waals surface area contributed by atoms with Crippen molar-refractivity contribution in [3.05, 3.63) is 130 Å². The topological polar surface area (TPSA) is 64.4 Å². The van der Waals surface area contributed by atoms with Crippen molar-refractivity contribution < 1.29 is 19.0 Å². The minimum atomic E-state index is -0.972. The van der Waals surface area contributed by atoms with Crippen LogP contribution < -0.4 is 4.74 Å². The standard InChI is InChI=1S/C33H25Cl2FN2O3/c1-2-38-19-31(28-14-13-26(34)18-29(28)35)37-32(38)15-12-22-10-11-25(17-30(22)36)24-4-3-5-27(16-24)41-20-21-6-8-23(9-7-21)33(39)40/h3-19H,2,20H2,1H3,(H,39,40)/b15-12+. The number of nitrogens with zero attached hydrogens (tertiary/aromatic N) is 2. The zero-order valence-corrected chi connectivity index (χ0v) is 23.5. The first-order valence-corrected chi connectivity index (χ1v) is 13.6. The second kappa shape index (κ2) is 12.4. The largest absolute Gasteiger partial charge is 0.489 e. The molecule has 0 fully saturated rings. The van der Waals surface area contributed by atoms with Crippen molar-refractivity contribution in [2.24, 2.45) is 0 Å². The maximum absolute atomic E-state index is 15.2. The van der Waals surface area contributed by atoms with Crippen molar-refractivity contribution in [2.45, 2.75) is 20.1 Å². The fraction of sp³-hybridized carbons (Fsp3) is 0.0909. The highest BCUT2D eigenvalue weighted by atomic mass is 35.5. The number of hydrogen-bond donors (Lipinski definition) is 1. The number of rotatable bonds is 9. The van der Waals surface area contributed by atoms with E-state index in [0.29, 0.717) is 45.0 Å². The Morgan fingerprint density at radius 2 is 1.76 bits per heavy atom. The number of imidazole rings is 1. The number of benzene rings is 4. The summed E-state index contributed by atoms with van der Waals surface area (Å²) in [6.07, 6.45) is 5.40. The number of aryl methyl sites for hydroxylation is 1. The lowest BCUT2D eigenvalue weighted by molar-refractivity contribution is 0.0697. The van der Waals surface area contributed by atoms with E-state index in [-0.39, 0.29) is 18.0 Å². The summed E-state index contributed by atoms with van der Waals surface area (Å²) in [4.78, 5) is 15.7. The van der Waals surface area contributed by atoms with Crippen LogP contribution in [0.15, 0.2) is 91.1 Å². The van der Waals surface area contributed by atoms with Crippen molar-refractivity contribution in [2.75, 3.05) is 0 Å². The molecule has 1 aromatic heterocycles. The van der Waals surface area contributed by atoms with Crippen LogP contribution in [0.1, 0.15) is 34.2 Å². The van der Waals surface area contributed by atoms with Gasteiger partial charge in [-0.05, 0) is 84.3 Å². The van der Waals surface area contributed by atoms with Crippen LogP contribution in [0.3, 0.4) is 0 Å². The third kappa shape index (κ3) is 6.68. The van der Waals surface area contributed by atoms with Crippen LogP contribution in [0, 0.1) is 5.82 Å². The molecule has 0 bridgehead atoms. The van der Waals surface area contributed by atoms with Crippen LogP contribution >= 0.6 is 23.2 Å². The summed E-state index contributed by atoms with van der Waals surface area (Å²) in [5, 5.41) is 10.1. The number of carboxylic acid groups (broad SMARTS) is 1. The van der Waals surface area contributed by atoms with Crippen molar-refractivity contribution in [3.8, 4) is 28.1 Å². The van der Waals surface area contributed by atoms with Gasteiger partial charge in [-0.3, -0.25) is 0 Å². The van der Waals surface area contributed by atoms with Crippen molar-refractivity contribution >= 4 is 41.3 Å². The smallest absolute Gasteiger partial charge is 0.335 e. The predicted molar refractivity (Wildman–Crippen MR) is 162 cm³/mol. The van der Waals surface area contributed by atoms with Crippen molar-refractivity contribution in [1.82, 2.24) is 9.55 Å². The molecule has 0 saturated carbocycles. The Morgan fingerprint density at radius 3 is 2.46 bits per heavy atom. The molecule has 1 heterocycles. The van der Waals surface area contributed by atoms with E-state index in [2.05, 4.69) is 0 Å². The van der Waals surface area contributed by atoms with E-state index in [0.717, 1.165) is 16.7 Å². The Kier molecular flexibility index (Phi) is 8.53. The zero-order valence-electron chi connectivity index (χ0n) is 22.0. The zero-order chi connectivity index (χ0) is 28.9. The summed E-state index contributed by atoms with van der Waals surface area (Å²) in [7, 11) is 0. The number of aromatic nitrogens is 2. The Balaban J connectivity index is 1.31. The molecule has 0 amide bonds. The van der Waals surface area contributed by atoms with Gasteiger partial charge in [-0.15, -0.1) is 0 Å². The molecule has 0 aliphatic carbocycles. The Bertz CT molecular complexity index is 1750. The minimum Gasteiger partial charge on any atom is -0.489 e. The molecule has 0 saturated heterocycles. The number of ether oxygens (including phenoxy) is 1. The van der Waals surface area contributed by atoms with Crippen molar-refractivity contribution in [1.29, 1.82) is 0 Å². The Hall–Kier alpha value is -4.39. The first kappa shape index (κ1) is 28.1. The molecule has 5 rings (SSSR count). The molecular weight excluding hydrogens is 562 g/mol. The molecule has 0 radical (unpaired) electrons. The summed E-state index contributed by atoms with van der Waals surface area (Å²) >= 11 is 12.4. The quantitative estimate of drug-likeness (QED) is 0.187.